The van der Waals surface area contributed by atoms with Crippen molar-refractivity contribution in [3.05, 3.63) is 59.7 Å². The van der Waals surface area contributed by atoms with E-state index in [0.29, 0.717) is 16.9 Å². The standard InChI is InChI=1S/C24H19F3N4O6.C2HF3O2/c25-24(26,27)18-19(12-4-2-1-3-5-12)30-36-21(18)23-29-22(31-37-23)13-6-7-14-16(10-13)35-11-15(20(14)34)28-9-8-17(32)33;3-2(4,5)1(6)7/h1-7,10,15,20,28,34H,8-9,11H2,(H,32,33);(H,6,7)/t15-,20+;/m0./s1. The van der Waals surface area contributed by atoms with E-state index in [0.717, 1.165) is 0 Å². The number of halogens is 6. The van der Waals surface area contributed by atoms with E-state index in [1.807, 2.05) is 0 Å². The number of aromatic nitrogens is 3. The van der Waals surface area contributed by atoms with Crippen LogP contribution in [0.3, 0.4) is 0 Å². The Morgan fingerprint density at radius 2 is 1.64 bits per heavy atom. The molecule has 0 fully saturated rings. The number of nitrogens with one attached hydrogen (secondary N) is 1. The molecule has 2 atom stereocenters. The van der Waals surface area contributed by atoms with Crippen LogP contribution in [0.1, 0.15) is 23.7 Å². The molecule has 4 N–H and O–H groups in total. The van der Waals surface area contributed by atoms with Crippen molar-refractivity contribution in [1.29, 1.82) is 0 Å². The van der Waals surface area contributed by atoms with Crippen LogP contribution in [0.15, 0.2) is 57.6 Å². The van der Waals surface area contributed by atoms with E-state index in [2.05, 4.69) is 20.6 Å². The number of hydrogen-bond donors (Lipinski definition) is 4. The highest BCUT2D eigenvalue weighted by Gasteiger charge is 2.43. The maximum Gasteiger partial charge on any atom is 0.490 e. The summed E-state index contributed by atoms with van der Waals surface area (Å²) in [5.41, 5.74) is -0.494. The van der Waals surface area contributed by atoms with Crippen molar-refractivity contribution in [2.24, 2.45) is 0 Å². The van der Waals surface area contributed by atoms with Gasteiger partial charge in [-0.25, -0.2) is 4.79 Å². The molecule has 5 rings (SSSR count). The second kappa shape index (κ2) is 12.7. The number of fused-ring (bicyclic) bond motifs is 1. The summed E-state index contributed by atoms with van der Waals surface area (Å²) in [7, 11) is 0. The van der Waals surface area contributed by atoms with Crippen molar-refractivity contribution in [3.8, 4) is 40.0 Å². The Labute approximate surface area is 241 Å². The predicted molar refractivity (Wildman–Crippen MR) is 134 cm³/mol. The number of aliphatic hydroxyl groups excluding tert-OH is 1. The lowest BCUT2D eigenvalue weighted by Gasteiger charge is -2.31. The maximum absolute atomic E-state index is 14.0. The van der Waals surface area contributed by atoms with Gasteiger partial charge in [0.15, 0.2) is 0 Å². The van der Waals surface area contributed by atoms with Gasteiger partial charge in [-0.15, -0.1) is 0 Å². The fourth-order valence-corrected chi connectivity index (χ4v) is 3.99. The first-order chi connectivity index (χ1) is 20.7. The van der Waals surface area contributed by atoms with Gasteiger partial charge in [0, 0.05) is 23.2 Å². The lowest BCUT2D eigenvalue weighted by Crippen LogP contribution is -2.43. The van der Waals surface area contributed by atoms with E-state index in [9.17, 15) is 36.2 Å². The van der Waals surface area contributed by atoms with Gasteiger partial charge in [-0.1, -0.05) is 52.8 Å². The Hall–Kier alpha value is -4.97. The van der Waals surface area contributed by atoms with Crippen LogP contribution in [0.5, 0.6) is 5.75 Å². The van der Waals surface area contributed by atoms with Crippen LogP contribution in [-0.2, 0) is 15.8 Å². The molecule has 2 aromatic heterocycles. The van der Waals surface area contributed by atoms with Gasteiger partial charge >= 0.3 is 24.3 Å². The number of carbonyl (C=O) groups is 2. The van der Waals surface area contributed by atoms with Gasteiger partial charge in [-0.3, -0.25) is 4.79 Å². The number of hydrogen-bond acceptors (Lipinski definition) is 10. The highest BCUT2D eigenvalue weighted by molar-refractivity contribution is 5.73. The molecule has 0 unspecified atom stereocenters. The van der Waals surface area contributed by atoms with E-state index in [1.54, 1.807) is 30.3 Å². The van der Waals surface area contributed by atoms with Crippen molar-refractivity contribution in [2.45, 2.75) is 30.9 Å². The Morgan fingerprint density at radius 1 is 0.955 bits per heavy atom. The summed E-state index contributed by atoms with van der Waals surface area (Å²) in [4.78, 5) is 23.7. The molecule has 0 amide bonds. The fraction of sp³-hybridized carbons (Fsp3) is 0.269. The highest BCUT2D eigenvalue weighted by atomic mass is 19.4. The molecule has 234 valence electrons. The molecule has 3 heterocycles. The zero-order valence-electron chi connectivity index (χ0n) is 21.9. The molecule has 0 saturated heterocycles. The summed E-state index contributed by atoms with van der Waals surface area (Å²) in [6.07, 6.45) is -11.0. The lowest BCUT2D eigenvalue weighted by atomic mass is 9.97. The number of aliphatic carboxylic acids is 2. The summed E-state index contributed by atoms with van der Waals surface area (Å²) in [5, 5.41) is 36.9. The van der Waals surface area contributed by atoms with Crippen LogP contribution < -0.4 is 10.1 Å². The summed E-state index contributed by atoms with van der Waals surface area (Å²) >= 11 is 0. The van der Waals surface area contributed by atoms with Crippen molar-refractivity contribution >= 4 is 11.9 Å². The lowest BCUT2D eigenvalue weighted by molar-refractivity contribution is -0.192. The predicted octanol–water partition coefficient (Wildman–Crippen LogP) is 4.57. The van der Waals surface area contributed by atoms with Gasteiger partial charge in [0.1, 0.15) is 29.7 Å². The van der Waals surface area contributed by atoms with Crippen LogP contribution in [0, 0.1) is 0 Å². The Bertz CT molecular complexity index is 1620. The van der Waals surface area contributed by atoms with Crippen LogP contribution in [0.2, 0.25) is 0 Å². The third-order valence-corrected chi connectivity index (χ3v) is 6.02. The van der Waals surface area contributed by atoms with E-state index in [1.165, 1.54) is 18.2 Å². The van der Waals surface area contributed by atoms with E-state index >= 15 is 0 Å². The molecule has 4 aromatic rings. The summed E-state index contributed by atoms with van der Waals surface area (Å²) in [6, 6.07) is 11.9. The van der Waals surface area contributed by atoms with Crippen LogP contribution in [0.25, 0.3) is 34.3 Å². The average molecular weight is 630 g/mol. The Morgan fingerprint density at radius 3 is 2.25 bits per heavy atom. The van der Waals surface area contributed by atoms with Gasteiger partial charge in [0.25, 0.3) is 5.89 Å². The van der Waals surface area contributed by atoms with Crippen molar-refractivity contribution in [2.75, 3.05) is 13.2 Å². The minimum atomic E-state index is -5.08. The smallest absolute Gasteiger partial charge is 0.490 e. The Balaban J connectivity index is 0.000000566. The zero-order chi connectivity index (χ0) is 32.2. The van der Waals surface area contributed by atoms with E-state index < -0.39 is 59.3 Å². The summed E-state index contributed by atoms with van der Waals surface area (Å²) < 4.78 is 89.4. The first-order valence-corrected chi connectivity index (χ1v) is 12.3. The molecule has 44 heavy (non-hydrogen) atoms. The fourth-order valence-electron chi connectivity index (χ4n) is 3.99. The molecular weight excluding hydrogens is 610 g/mol. The van der Waals surface area contributed by atoms with Crippen molar-refractivity contribution in [1.82, 2.24) is 20.6 Å². The molecule has 0 aliphatic carbocycles. The second-order valence-corrected chi connectivity index (χ2v) is 9.04. The quantitative estimate of drug-likeness (QED) is 0.209. The number of rotatable bonds is 7. The van der Waals surface area contributed by atoms with E-state index in [4.69, 9.17) is 28.8 Å². The number of alkyl halides is 6. The first-order valence-electron chi connectivity index (χ1n) is 12.3. The SMILES string of the molecule is O=C(O)C(F)(F)F.O=C(O)CCN[C@H]1COc2cc(-c3noc(-c4onc(-c5ccccc5)c4C(F)(F)F)n3)ccc2[C@H]1O. The maximum atomic E-state index is 14.0. The van der Waals surface area contributed by atoms with Gasteiger partial charge in [-0.2, -0.15) is 31.3 Å². The topological polar surface area (TPSA) is 181 Å². The minimum absolute atomic E-state index is 0.0246. The van der Waals surface area contributed by atoms with E-state index in [-0.39, 0.29) is 31.0 Å². The molecule has 18 heteroatoms. The van der Waals surface area contributed by atoms with Gasteiger partial charge in [-0.05, 0) is 6.07 Å². The minimum Gasteiger partial charge on any atom is -0.491 e. The molecule has 12 nitrogen and oxygen atoms in total. The Kier molecular flexibility index (Phi) is 9.24. The number of nitrogens with zero attached hydrogens (tertiary/aromatic N) is 3. The number of aliphatic hydroxyl groups is 1. The van der Waals surface area contributed by atoms with Crippen LogP contribution >= 0.6 is 0 Å². The van der Waals surface area contributed by atoms with Crippen molar-refractivity contribution in [3.63, 3.8) is 0 Å². The molecule has 1 aliphatic heterocycles. The molecule has 0 bridgehead atoms. The number of carboxylic acid groups (broad SMARTS) is 2. The molecule has 0 saturated carbocycles. The number of ether oxygens (including phenoxy) is 1. The second-order valence-electron chi connectivity index (χ2n) is 9.04. The zero-order valence-corrected chi connectivity index (χ0v) is 21.9. The molecule has 2 aromatic carbocycles. The third kappa shape index (κ3) is 7.32. The molecular formula is C26H20F6N4O8. The van der Waals surface area contributed by atoms with Crippen LogP contribution in [-0.4, -0.2) is 67.9 Å². The van der Waals surface area contributed by atoms with Gasteiger partial charge < -0.3 is 34.4 Å². The number of benzene rings is 2. The third-order valence-electron chi connectivity index (χ3n) is 6.02. The van der Waals surface area contributed by atoms with Gasteiger partial charge in [0.2, 0.25) is 11.6 Å². The summed E-state index contributed by atoms with van der Waals surface area (Å²) in [5.74, 6) is -4.62. The monoisotopic (exact) mass is 630 g/mol. The van der Waals surface area contributed by atoms with Gasteiger partial charge in [0.05, 0.1) is 12.5 Å². The van der Waals surface area contributed by atoms with Crippen molar-refractivity contribution < 1.29 is 65.0 Å². The molecule has 0 spiro atoms. The summed E-state index contributed by atoms with van der Waals surface area (Å²) in [6.45, 7) is 0.233. The normalized spacial score (nSPS) is 16.3. The molecule has 1 aliphatic rings. The largest absolute Gasteiger partial charge is 0.491 e. The average Bonchev–Trinajstić information content (AvgIpc) is 3.62. The number of carboxylic acids is 2. The van der Waals surface area contributed by atoms with Crippen LogP contribution in [0.4, 0.5) is 26.3 Å². The first kappa shape index (κ1) is 32.0. The highest BCUT2D eigenvalue weighted by Crippen LogP contribution is 2.43. The molecule has 0 radical (unpaired) electrons.